The first-order valence-corrected chi connectivity index (χ1v) is 13.2. The Bertz CT molecular complexity index is 1550. The van der Waals surface area contributed by atoms with Crippen LogP contribution in [0.15, 0.2) is 60.3 Å². The molecular weight excluding hydrogens is 616 g/mol. The first kappa shape index (κ1) is 26.2. The number of aromatic hydroxyl groups is 1. The van der Waals surface area contributed by atoms with Crippen molar-refractivity contribution < 1.29 is 24.1 Å². The summed E-state index contributed by atoms with van der Waals surface area (Å²) in [5.41, 5.74) is 1.77. The van der Waals surface area contributed by atoms with Gasteiger partial charge in [-0.05, 0) is 87.2 Å². The maximum absolute atomic E-state index is 13.7. The largest absolute Gasteiger partial charge is 0.506 e. The molecule has 0 bridgehead atoms. The maximum Gasteiger partial charge on any atom is 0.338 e. The molecule has 2 heterocycles. The number of rotatable bonds is 6. The molecule has 1 N–H and O–H groups in total. The lowest BCUT2D eigenvalue weighted by Gasteiger charge is -2.25. The van der Waals surface area contributed by atoms with E-state index in [1.807, 2.05) is 0 Å². The van der Waals surface area contributed by atoms with Crippen molar-refractivity contribution >= 4 is 55.2 Å². The molecule has 188 valence electrons. The number of allylic oxidation sites excluding steroid dienone is 1. The second-order valence-corrected chi connectivity index (χ2v) is 10.5. The zero-order valence-corrected chi connectivity index (χ0v) is 23.8. The molecule has 2 aromatic carbocycles. The molecule has 0 aliphatic carbocycles. The first-order valence-electron chi connectivity index (χ1n) is 10.8. The Morgan fingerprint density at radius 3 is 2.44 bits per heavy atom. The number of carbonyl (C=O) groups is 1. The predicted molar refractivity (Wildman–Crippen MR) is 143 cm³/mol. The summed E-state index contributed by atoms with van der Waals surface area (Å²) in [5.74, 6) is 0.514. The normalized spacial score (nSPS) is 15.4. The van der Waals surface area contributed by atoms with Crippen LogP contribution in [0.2, 0.25) is 0 Å². The van der Waals surface area contributed by atoms with E-state index in [9.17, 15) is 14.7 Å². The number of phenolic OH excluding ortho intramolecular Hbond substituents is 1. The molecule has 0 radical (unpaired) electrons. The summed E-state index contributed by atoms with van der Waals surface area (Å²) in [6, 6.07) is 7.90. The van der Waals surface area contributed by atoms with Crippen LogP contribution in [0.1, 0.15) is 31.0 Å². The standard InChI is InChI=1S/C25H22Br2N2O6S/c1-5-35-24(32)20-12(2)28-25-29(21(20)14-6-7-17(33-3)18(11-14)34-4)23(31)19(36-25)10-13-8-15(26)22(30)16(27)9-13/h6-11,21,30H,5H2,1-4H3/b19-10-/t21-/m0/s1. The van der Waals surface area contributed by atoms with Crippen molar-refractivity contribution in [3.05, 3.63) is 81.4 Å². The molecule has 8 nitrogen and oxygen atoms in total. The second-order valence-electron chi connectivity index (χ2n) is 7.75. The Morgan fingerprint density at radius 2 is 1.83 bits per heavy atom. The van der Waals surface area contributed by atoms with E-state index in [-0.39, 0.29) is 23.5 Å². The topological polar surface area (TPSA) is 99.4 Å². The highest BCUT2D eigenvalue weighted by molar-refractivity contribution is 9.11. The molecule has 1 atom stereocenters. The van der Waals surface area contributed by atoms with Crippen molar-refractivity contribution in [1.82, 2.24) is 4.57 Å². The molecule has 36 heavy (non-hydrogen) atoms. The minimum absolute atomic E-state index is 0.0665. The molecule has 0 fully saturated rings. The smallest absolute Gasteiger partial charge is 0.338 e. The van der Waals surface area contributed by atoms with Crippen LogP contribution in [-0.2, 0) is 9.53 Å². The second kappa shape index (κ2) is 10.6. The van der Waals surface area contributed by atoms with Gasteiger partial charge in [-0.15, -0.1) is 0 Å². The highest BCUT2D eigenvalue weighted by Crippen LogP contribution is 2.36. The van der Waals surface area contributed by atoms with Crippen LogP contribution < -0.4 is 24.4 Å². The predicted octanol–water partition coefficient (Wildman–Crippen LogP) is 4.05. The van der Waals surface area contributed by atoms with E-state index in [1.54, 1.807) is 50.3 Å². The lowest BCUT2D eigenvalue weighted by atomic mass is 9.95. The van der Waals surface area contributed by atoms with Crippen LogP contribution in [0.4, 0.5) is 0 Å². The van der Waals surface area contributed by atoms with Crippen molar-refractivity contribution in [2.24, 2.45) is 4.99 Å². The highest BCUT2D eigenvalue weighted by Gasteiger charge is 2.34. The summed E-state index contributed by atoms with van der Waals surface area (Å²) in [4.78, 5) is 31.8. The molecule has 0 saturated heterocycles. The Kier molecular flexibility index (Phi) is 7.72. The molecule has 0 spiro atoms. The number of hydrogen-bond donors (Lipinski definition) is 1. The van der Waals surface area contributed by atoms with Gasteiger partial charge in [0.25, 0.3) is 5.56 Å². The molecule has 11 heteroatoms. The minimum Gasteiger partial charge on any atom is -0.506 e. The summed E-state index contributed by atoms with van der Waals surface area (Å²) in [6.45, 7) is 3.64. The average molecular weight is 638 g/mol. The number of benzene rings is 2. The molecule has 1 aliphatic rings. The van der Waals surface area contributed by atoms with Crippen LogP contribution in [0.25, 0.3) is 6.08 Å². The number of nitrogens with zero attached hydrogens (tertiary/aromatic N) is 2. The molecule has 0 saturated carbocycles. The number of aromatic nitrogens is 1. The van der Waals surface area contributed by atoms with Gasteiger partial charge in [0, 0.05) is 0 Å². The van der Waals surface area contributed by atoms with E-state index in [2.05, 4.69) is 36.9 Å². The third-order valence-electron chi connectivity index (χ3n) is 5.58. The molecule has 0 amide bonds. The maximum atomic E-state index is 13.7. The zero-order chi connectivity index (χ0) is 26.1. The zero-order valence-electron chi connectivity index (χ0n) is 19.8. The highest BCUT2D eigenvalue weighted by atomic mass is 79.9. The minimum atomic E-state index is -0.777. The van der Waals surface area contributed by atoms with Crippen molar-refractivity contribution in [2.45, 2.75) is 19.9 Å². The van der Waals surface area contributed by atoms with Crippen LogP contribution in [-0.4, -0.2) is 36.5 Å². The summed E-state index contributed by atoms with van der Waals surface area (Å²) < 4.78 is 19.1. The Balaban J connectivity index is 1.98. The summed E-state index contributed by atoms with van der Waals surface area (Å²) in [7, 11) is 3.06. The lowest BCUT2D eigenvalue weighted by Crippen LogP contribution is -2.40. The number of hydrogen-bond acceptors (Lipinski definition) is 8. The van der Waals surface area contributed by atoms with Gasteiger partial charge in [0.15, 0.2) is 16.3 Å². The van der Waals surface area contributed by atoms with Gasteiger partial charge < -0.3 is 19.3 Å². The molecule has 4 rings (SSSR count). The molecule has 1 aliphatic heterocycles. The Labute approximate surface area is 227 Å². The number of fused-ring (bicyclic) bond motifs is 1. The van der Waals surface area contributed by atoms with Gasteiger partial charge in [-0.2, -0.15) is 0 Å². The van der Waals surface area contributed by atoms with E-state index in [4.69, 9.17) is 14.2 Å². The Hall–Kier alpha value is -2.89. The number of phenols is 1. The number of halogens is 2. The van der Waals surface area contributed by atoms with Crippen molar-refractivity contribution in [2.75, 3.05) is 20.8 Å². The molecular formula is C25H22Br2N2O6S. The monoisotopic (exact) mass is 636 g/mol. The van der Waals surface area contributed by atoms with E-state index < -0.39 is 12.0 Å². The molecule has 3 aromatic rings. The summed E-state index contributed by atoms with van der Waals surface area (Å²) >= 11 is 7.85. The van der Waals surface area contributed by atoms with Crippen molar-refractivity contribution in [3.8, 4) is 17.2 Å². The fourth-order valence-electron chi connectivity index (χ4n) is 3.95. The van der Waals surface area contributed by atoms with E-state index in [1.165, 1.54) is 30.1 Å². The number of esters is 1. The van der Waals surface area contributed by atoms with E-state index in [0.717, 1.165) is 0 Å². The fraction of sp³-hybridized carbons (Fsp3) is 0.240. The number of thiazole rings is 1. The van der Waals surface area contributed by atoms with Gasteiger partial charge in [-0.25, -0.2) is 9.79 Å². The van der Waals surface area contributed by atoms with Gasteiger partial charge >= 0.3 is 5.97 Å². The summed E-state index contributed by atoms with van der Waals surface area (Å²) in [5, 5.41) is 10.0. The number of ether oxygens (including phenoxy) is 3. The lowest BCUT2D eigenvalue weighted by molar-refractivity contribution is -0.139. The van der Waals surface area contributed by atoms with Gasteiger partial charge in [-0.3, -0.25) is 9.36 Å². The van der Waals surface area contributed by atoms with Gasteiger partial charge in [0.1, 0.15) is 5.75 Å². The van der Waals surface area contributed by atoms with Crippen LogP contribution in [0.3, 0.4) is 0 Å². The molecule has 0 unspecified atom stereocenters. The third-order valence-corrected chi connectivity index (χ3v) is 7.77. The third kappa shape index (κ3) is 4.74. The van der Waals surface area contributed by atoms with E-state index in [0.29, 0.717) is 46.6 Å². The van der Waals surface area contributed by atoms with Crippen molar-refractivity contribution in [3.63, 3.8) is 0 Å². The van der Waals surface area contributed by atoms with Gasteiger partial charge in [0.2, 0.25) is 0 Å². The first-order chi connectivity index (χ1) is 17.2. The average Bonchev–Trinajstić information content (AvgIpc) is 3.15. The van der Waals surface area contributed by atoms with Gasteiger partial charge in [-0.1, -0.05) is 17.4 Å². The molecule has 1 aromatic heterocycles. The number of methoxy groups -OCH3 is 2. The van der Waals surface area contributed by atoms with Gasteiger partial charge in [0.05, 0.1) is 51.6 Å². The van der Waals surface area contributed by atoms with Crippen LogP contribution in [0.5, 0.6) is 17.2 Å². The van der Waals surface area contributed by atoms with E-state index >= 15 is 0 Å². The van der Waals surface area contributed by atoms with Crippen LogP contribution >= 0.6 is 43.2 Å². The fourth-order valence-corrected chi connectivity index (χ4v) is 6.22. The quantitative estimate of drug-likeness (QED) is 0.410. The van der Waals surface area contributed by atoms with Crippen molar-refractivity contribution in [1.29, 1.82) is 0 Å². The van der Waals surface area contributed by atoms with Crippen LogP contribution in [0, 0.1) is 0 Å². The Morgan fingerprint density at radius 1 is 1.17 bits per heavy atom. The SMILES string of the molecule is CCOC(=O)C1=C(C)N=c2s/c(=C\c3cc(Br)c(O)c(Br)c3)c(=O)n2[C@H]1c1ccc(OC)c(OC)c1. The summed E-state index contributed by atoms with van der Waals surface area (Å²) in [6.07, 6.45) is 1.72. The number of carbonyl (C=O) groups excluding carboxylic acids is 1.